The number of alkyl halides is 1. The molecule has 0 unspecified atom stereocenters. The zero-order valence-corrected chi connectivity index (χ0v) is 25.0. The minimum Gasteiger partial charge on any atom is -0.481 e. The molecule has 5 N–H and O–H groups in total. The number of alkyl carbamates (subject to hydrolysis) is 1. The first kappa shape index (κ1) is 37.8. The molecule has 0 bridgehead atoms. The van der Waals surface area contributed by atoms with Gasteiger partial charge in [0.2, 0.25) is 5.91 Å². The van der Waals surface area contributed by atoms with Crippen molar-refractivity contribution in [2.24, 2.45) is 17.8 Å². The standard InChI is InChI=1S/C30H41FN2O11/c1-4-17(2)27(33-30(43)44-16-19-8-6-5-7-9-19)22(35)12-20(10-11-25(38)39)29(42)32-28(18(3)34)23(36)13-21(14-26(40)41)24(37)15-31/h5-9,17-18,20-21,27-28,34H,4,10-16H2,1-3H3,(H,32,42)(H,33,43)(H,38,39)(H,40,41)/t17-,18+,20+,21-,27-,28-/m0/s1. The number of benzene rings is 1. The molecule has 1 aromatic rings. The van der Waals surface area contributed by atoms with E-state index in [1.807, 2.05) is 0 Å². The number of hydrogen-bond donors (Lipinski definition) is 5. The molecule has 44 heavy (non-hydrogen) atoms. The molecule has 0 aliphatic heterocycles. The Balaban J connectivity index is 3.09. The maximum Gasteiger partial charge on any atom is 0.408 e. The third-order valence-electron chi connectivity index (χ3n) is 7.15. The first-order chi connectivity index (χ1) is 20.7. The van der Waals surface area contributed by atoms with Gasteiger partial charge in [0.1, 0.15) is 19.3 Å². The van der Waals surface area contributed by atoms with Gasteiger partial charge in [-0.05, 0) is 24.8 Å². The molecule has 6 atom stereocenters. The molecule has 0 aromatic heterocycles. The highest BCUT2D eigenvalue weighted by atomic mass is 19.1. The summed E-state index contributed by atoms with van der Waals surface area (Å²) in [5.41, 5.74) is 0.713. The zero-order valence-electron chi connectivity index (χ0n) is 25.0. The van der Waals surface area contributed by atoms with Gasteiger partial charge in [0, 0.05) is 31.1 Å². The number of carboxylic acid groups (broad SMARTS) is 2. The summed E-state index contributed by atoms with van der Waals surface area (Å²) < 4.78 is 18.2. The Kier molecular flexibility index (Phi) is 16.5. The van der Waals surface area contributed by atoms with Crippen molar-refractivity contribution in [3.05, 3.63) is 35.9 Å². The second-order valence-corrected chi connectivity index (χ2v) is 10.7. The van der Waals surface area contributed by atoms with Crippen LogP contribution in [0.5, 0.6) is 0 Å². The highest BCUT2D eigenvalue weighted by molar-refractivity contribution is 5.96. The fraction of sp³-hybridized carbons (Fsp3) is 0.567. The Bertz CT molecular complexity index is 1160. The summed E-state index contributed by atoms with van der Waals surface area (Å²) in [5.74, 6) is -9.60. The summed E-state index contributed by atoms with van der Waals surface area (Å²) in [7, 11) is 0. The van der Waals surface area contributed by atoms with Gasteiger partial charge < -0.3 is 30.7 Å². The van der Waals surface area contributed by atoms with Crippen LogP contribution in [0.2, 0.25) is 0 Å². The fourth-order valence-corrected chi connectivity index (χ4v) is 4.39. The van der Waals surface area contributed by atoms with Crippen molar-refractivity contribution >= 4 is 41.3 Å². The topological polar surface area (TPSA) is 213 Å². The molecule has 244 valence electrons. The van der Waals surface area contributed by atoms with Crippen molar-refractivity contribution in [3.8, 4) is 0 Å². The molecule has 0 heterocycles. The Morgan fingerprint density at radius 3 is 1.93 bits per heavy atom. The van der Waals surface area contributed by atoms with Crippen LogP contribution in [0.25, 0.3) is 0 Å². The number of ether oxygens (including phenoxy) is 1. The van der Waals surface area contributed by atoms with E-state index in [-0.39, 0.29) is 13.0 Å². The number of halogens is 1. The molecule has 0 saturated heterocycles. The first-order valence-corrected chi connectivity index (χ1v) is 14.2. The van der Waals surface area contributed by atoms with E-state index in [0.29, 0.717) is 12.0 Å². The highest BCUT2D eigenvalue weighted by Gasteiger charge is 2.35. The van der Waals surface area contributed by atoms with Crippen LogP contribution in [-0.2, 0) is 40.1 Å². The van der Waals surface area contributed by atoms with Crippen LogP contribution < -0.4 is 10.6 Å². The van der Waals surface area contributed by atoms with Gasteiger partial charge in [0.25, 0.3) is 0 Å². The van der Waals surface area contributed by atoms with E-state index in [2.05, 4.69) is 10.6 Å². The second-order valence-electron chi connectivity index (χ2n) is 10.7. The fourth-order valence-electron chi connectivity index (χ4n) is 4.39. The summed E-state index contributed by atoms with van der Waals surface area (Å²) in [6, 6.07) is 6.04. The van der Waals surface area contributed by atoms with Crippen LogP contribution in [0.1, 0.15) is 64.9 Å². The molecule has 0 aliphatic carbocycles. The van der Waals surface area contributed by atoms with Gasteiger partial charge in [0.15, 0.2) is 17.3 Å². The number of aliphatic hydroxyl groups is 1. The van der Waals surface area contributed by atoms with Crippen LogP contribution in [0, 0.1) is 17.8 Å². The molecule has 14 heteroatoms. The molecule has 2 amide bonds. The van der Waals surface area contributed by atoms with E-state index in [1.165, 1.54) is 0 Å². The number of amides is 2. The van der Waals surface area contributed by atoms with E-state index in [4.69, 9.17) is 9.84 Å². The van der Waals surface area contributed by atoms with E-state index in [1.54, 1.807) is 44.2 Å². The third kappa shape index (κ3) is 13.4. The molecular formula is C30H41FN2O11. The van der Waals surface area contributed by atoms with E-state index in [0.717, 1.165) is 6.92 Å². The number of hydrogen-bond acceptors (Lipinski definition) is 9. The molecule has 0 saturated carbocycles. The number of aliphatic hydroxyl groups excluding tert-OH is 1. The third-order valence-corrected chi connectivity index (χ3v) is 7.15. The average molecular weight is 625 g/mol. The Hall–Kier alpha value is -4.20. The van der Waals surface area contributed by atoms with Crippen LogP contribution in [0.3, 0.4) is 0 Å². The van der Waals surface area contributed by atoms with Crippen molar-refractivity contribution < 1.29 is 58.0 Å². The summed E-state index contributed by atoms with van der Waals surface area (Å²) >= 11 is 0. The molecule has 0 spiro atoms. The number of aliphatic carboxylic acids is 2. The summed E-state index contributed by atoms with van der Waals surface area (Å²) in [6.07, 6.45) is -4.98. The van der Waals surface area contributed by atoms with Crippen molar-refractivity contribution in [3.63, 3.8) is 0 Å². The lowest BCUT2D eigenvalue weighted by molar-refractivity contribution is -0.142. The lowest BCUT2D eigenvalue weighted by Crippen LogP contribution is -2.51. The maximum absolute atomic E-state index is 13.4. The van der Waals surface area contributed by atoms with Gasteiger partial charge in [-0.2, -0.15) is 0 Å². The number of nitrogens with one attached hydrogen (secondary N) is 2. The monoisotopic (exact) mass is 624 g/mol. The molecule has 0 fully saturated rings. The zero-order chi connectivity index (χ0) is 33.4. The maximum atomic E-state index is 13.4. The van der Waals surface area contributed by atoms with E-state index in [9.17, 15) is 48.2 Å². The Morgan fingerprint density at radius 2 is 1.41 bits per heavy atom. The number of carbonyl (C=O) groups excluding carboxylic acids is 5. The SMILES string of the molecule is CC[C@H](C)[C@H](NC(=O)OCc1ccccc1)C(=O)C[C@@H](CCC(=O)O)C(=O)N[C@H](C(=O)C[C@@H](CC(=O)O)C(=O)CF)[C@@H](C)O. The van der Waals surface area contributed by atoms with Crippen molar-refractivity contribution in [2.75, 3.05) is 6.67 Å². The van der Waals surface area contributed by atoms with E-state index >= 15 is 0 Å². The van der Waals surface area contributed by atoms with Crippen molar-refractivity contribution in [1.29, 1.82) is 0 Å². The highest BCUT2D eigenvalue weighted by Crippen LogP contribution is 2.20. The predicted octanol–water partition coefficient (Wildman–Crippen LogP) is 2.22. The predicted molar refractivity (Wildman–Crippen MR) is 153 cm³/mol. The average Bonchev–Trinajstić information content (AvgIpc) is 2.98. The minimum absolute atomic E-state index is 0.0588. The lowest BCUT2D eigenvalue weighted by atomic mass is 9.87. The number of carboxylic acids is 2. The van der Waals surface area contributed by atoms with Crippen LogP contribution >= 0.6 is 0 Å². The minimum atomic E-state index is -1.66. The first-order valence-electron chi connectivity index (χ1n) is 14.2. The van der Waals surface area contributed by atoms with Gasteiger partial charge in [-0.3, -0.25) is 28.8 Å². The normalized spacial score (nSPS) is 15.0. The summed E-state index contributed by atoms with van der Waals surface area (Å²) in [4.78, 5) is 86.3. The molecule has 1 rings (SSSR count). The second kappa shape index (κ2) is 19.2. The van der Waals surface area contributed by atoms with Gasteiger partial charge in [-0.25, -0.2) is 9.18 Å². The van der Waals surface area contributed by atoms with Crippen molar-refractivity contribution in [2.45, 2.75) is 84.1 Å². The largest absolute Gasteiger partial charge is 0.481 e. The van der Waals surface area contributed by atoms with Gasteiger partial charge in [-0.1, -0.05) is 50.6 Å². The van der Waals surface area contributed by atoms with Crippen LogP contribution in [-0.4, -0.2) is 81.5 Å². The summed E-state index contributed by atoms with van der Waals surface area (Å²) in [6.45, 7) is 3.05. The summed E-state index contributed by atoms with van der Waals surface area (Å²) in [5, 5.41) is 33.2. The number of ketones is 3. The van der Waals surface area contributed by atoms with Crippen molar-refractivity contribution in [1.82, 2.24) is 10.6 Å². The number of Topliss-reactive ketones (excluding diaryl/α,β-unsaturated/α-hetero) is 3. The molecule has 1 aromatic carbocycles. The Morgan fingerprint density at radius 1 is 0.818 bits per heavy atom. The van der Waals surface area contributed by atoms with Gasteiger partial charge in [0.05, 0.1) is 18.6 Å². The Labute approximate surface area is 254 Å². The van der Waals surface area contributed by atoms with Crippen LogP contribution in [0.4, 0.5) is 9.18 Å². The molecule has 13 nitrogen and oxygen atoms in total. The molecule has 0 radical (unpaired) electrons. The number of rotatable bonds is 21. The van der Waals surface area contributed by atoms with Gasteiger partial charge in [-0.15, -0.1) is 0 Å². The van der Waals surface area contributed by atoms with E-state index < -0.39 is 110 Å². The quantitative estimate of drug-likeness (QED) is 0.134. The van der Waals surface area contributed by atoms with Gasteiger partial charge >= 0.3 is 18.0 Å². The van der Waals surface area contributed by atoms with Crippen LogP contribution in [0.15, 0.2) is 30.3 Å². The lowest BCUT2D eigenvalue weighted by Gasteiger charge is -2.27. The molecule has 0 aliphatic rings. The number of carbonyl (C=O) groups is 7. The molecular weight excluding hydrogens is 583 g/mol. The smallest absolute Gasteiger partial charge is 0.408 e.